The van der Waals surface area contributed by atoms with Gasteiger partial charge in [0.15, 0.2) is 0 Å². The van der Waals surface area contributed by atoms with Crippen molar-refractivity contribution in [3.8, 4) is 0 Å². The minimum atomic E-state index is 0. The molecule has 1 amide bonds. The Morgan fingerprint density at radius 3 is 2.82 bits per heavy atom. The van der Waals surface area contributed by atoms with Crippen molar-refractivity contribution in [1.29, 1.82) is 0 Å². The number of halogens is 1. The van der Waals surface area contributed by atoms with E-state index < -0.39 is 0 Å². The van der Waals surface area contributed by atoms with Gasteiger partial charge in [-0.25, -0.2) is 0 Å². The summed E-state index contributed by atoms with van der Waals surface area (Å²) in [5.41, 5.74) is 7.31. The molecule has 1 aromatic heterocycles. The molecule has 0 saturated carbocycles. The van der Waals surface area contributed by atoms with E-state index in [0.29, 0.717) is 17.9 Å². The second-order valence-electron chi connectivity index (χ2n) is 5.01. The van der Waals surface area contributed by atoms with Gasteiger partial charge in [0, 0.05) is 18.1 Å². The van der Waals surface area contributed by atoms with Gasteiger partial charge in [0.05, 0.1) is 18.2 Å². The quantitative estimate of drug-likeness (QED) is 0.934. The maximum atomic E-state index is 12.7. The van der Waals surface area contributed by atoms with E-state index in [0.717, 1.165) is 18.1 Å². The molecule has 1 fully saturated rings. The molecule has 0 radical (unpaired) electrons. The van der Waals surface area contributed by atoms with Crippen molar-refractivity contribution in [1.82, 2.24) is 4.90 Å². The first-order valence-corrected chi connectivity index (χ1v) is 8.16. The molecule has 6 heteroatoms. The molecular weight excluding hydrogens is 320 g/mol. The molecule has 3 rings (SSSR count). The Balaban J connectivity index is 0.00000176. The van der Waals surface area contributed by atoms with Gasteiger partial charge in [-0.3, -0.25) is 4.79 Å². The molecule has 0 bridgehead atoms. The highest BCUT2D eigenvalue weighted by molar-refractivity contribution is 7.99. The van der Waals surface area contributed by atoms with E-state index in [1.165, 1.54) is 11.8 Å². The average molecular weight is 339 g/mol. The summed E-state index contributed by atoms with van der Waals surface area (Å²) >= 11 is 1.89. The maximum Gasteiger partial charge on any atom is 0.257 e. The Bertz CT molecular complexity index is 618. The normalized spacial score (nSPS) is 17.9. The molecule has 0 spiro atoms. The zero-order valence-electron chi connectivity index (χ0n) is 12.1. The highest BCUT2D eigenvalue weighted by atomic mass is 35.5. The van der Waals surface area contributed by atoms with Crippen LogP contribution in [0.25, 0.3) is 0 Å². The van der Waals surface area contributed by atoms with Crippen LogP contribution in [0.5, 0.6) is 0 Å². The number of benzene rings is 1. The van der Waals surface area contributed by atoms with Crippen LogP contribution in [0.4, 0.5) is 0 Å². The van der Waals surface area contributed by atoms with Gasteiger partial charge in [0.25, 0.3) is 5.91 Å². The molecule has 118 valence electrons. The highest BCUT2D eigenvalue weighted by Gasteiger charge is 2.29. The maximum absolute atomic E-state index is 12.7. The van der Waals surface area contributed by atoms with Crippen LogP contribution in [0.15, 0.2) is 47.1 Å². The van der Waals surface area contributed by atoms with Gasteiger partial charge in [0.2, 0.25) is 0 Å². The number of rotatable bonds is 3. The lowest BCUT2D eigenvalue weighted by Gasteiger charge is -2.35. The lowest BCUT2D eigenvalue weighted by atomic mass is 10.1. The fraction of sp³-hybridized carbons (Fsp3) is 0.312. The van der Waals surface area contributed by atoms with E-state index in [2.05, 4.69) is 12.1 Å². The predicted octanol–water partition coefficient (Wildman–Crippen LogP) is 3.09. The first-order chi connectivity index (χ1) is 10.3. The SMILES string of the molecule is Cl.NCc1cc(C(=O)N2CCSCC2c2ccccc2)co1. The minimum Gasteiger partial charge on any atom is -0.467 e. The Labute approximate surface area is 140 Å². The Morgan fingerprint density at radius 1 is 1.36 bits per heavy atom. The Morgan fingerprint density at radius 2 is 2.14 bits per heavy atom. The lowest BCUT2D eigenvalue weighted by Crippen LogP contribution is -2.40. The fourth-order valence-electron chi connectivity index (χ4n) is 2.56. The van der Waals surface area contributed by atoms with Gasteiger partial charge in [0.1, 0.15) is 12.0 Å². The van der Waals surface area contributed by atoms with E-state index in [1.54, 1.807) is 6.07 Å². The smallest absolute Gasteiger partial charge is 0.257 e. The second-order valence-corrected chi connectivity index (χ2v) is 6.16. The molecule has 1 saturated heterocycles. The minimum absolute atomic E-state index is 0. The molecule has 1 unspecified atom stereocenters. The molecule has 22 heavy (non-hydrogen) atoms. The van der Waals surface area contributed by atoms with Crippen molar-refractivity contribution in [3.05, 3.63) is 59.5 Å². The number of nitrogens with two attached hydrogens (primary N) is 1. The van der Waals surface area contributed by atoms with Crippen LogP contribution in [0.1, 0.15) is 27.7 Å². The van der Waals surface area contributed by atoms with Crippen molar-refractivity contribution in [3.63, 3.8) is 0 Å². The van der Waals surface area contributed by atoms with Crippen LogP contribution in [0, 0.1) is 0 Å². The van der Waals surface area contributed by atoms with Crippen molar-refractivity contribution in [2.45, 2.75) is 12.6 Å². The third-order valence-electron chi connectivity index (χ3n) is 3.68. The summed E-state index contributed by atoms with van der Waals surface area (Å²) in [5.74, 6) is 2.56. The number of carbonyl (C=O) groups excluding carboxylic acids is 1. The predicted molar refractivity (Wildman–Crippen MR) is 91.4 cm³/mol. The van der Waals surface area contributed by atoms with Gasteiger partial charge in [-0.1, -0.05) is 30.3 Å². The van der Waals surface area contributed by atoms with E-state index in [4.69, 9.17) is 10.2 Å². The van der Waals surface area contributed by atoms with Gasteiger partial charge in [-0.15, -0.1) is 12.4 Å². The van der Waals surface area contributed by atoms with Crippen molar-refractivity contribution < 1.29 is 9.21 Å². The first-order valence-electron chi connectivity index (χ1n) is 7.00. The van der Waals surface area contributed by atoms with E-state index in [1.807, 2.05) is 34.9 Å². The van der Waals surface area contributed by atoms with Crippen LogP contribution in [-0.4, -0.2) is 28.9 Å². The summed E-state index contributed by atoms with van der Waals surface area (Å²) < 4.78 is 5.29. The number of amides is 1. The molecule has 0 aliphatic carbocycles. The number of hydrogen-bond acceptors (Lipinski definition) is 4. The molecule has 1 atom stereocenters. The molecule has 2 N–H and O–H groups in total. The summed E-state index contributed by atoms with van der Waals surface area (Å²) in [6, 6.07) is 12.0. The highest BCUT2D eigenvalue weighted by Crippen LogP contribution is 2.30. The van der Waals surface area contributed by atoms with Crippen molar-refractivity contribution in [2.24, 2.45) is 5.73 Å². The molecule has 2 heterocycles. The fourth-order valence-corrected chi connectivity index (χ4v) is 3.65. The van der Waals surface area contributed by atoms with Gasteiger partial charge >= 0.3 is 0 Å². The van der Waals surface area contributed by atoms with Gasteiger partial charge < -0.3 is 15.1 Å². The van der Waals surface area contributed by atoms with Gasteiger partial charge in [-0.2, -0.15) is 11.8 Å². The molecule has 1 aliphatic rings. The van der Waals surface area contributed by atoms with E-state index in [9.17, 15) is 4.79 Å². The molecular formula is C16H19ClN2O2S. The number of carbonyl (C=O) groups is 1. The van der Waals surface area contributed by atoms with Crippen LogP contribution in [-0.2, 0) is 6.54 Å². The number of nitrogens with zero attached hydrogens (tertiary/aromatic N) is 1. The number of furan rings is 1. The van der Waals surface area contributed by atoms with Crippen LogP contribution < -0.4 is 5.73 Å². The van der Waals surface area contributed by atoms with Crippen molar-refractivity contribution >= 4 is 30.1 Å². The molecule has 2 aromatic rings. The van der Waals surface area contributed by atoms with E-state index >= 15 is 0 Å². The first kappa shape index (κ1) is 16.9. The number of thioether (sulfide) groups is 1. The molecule has 1 aliphatic heterocycles. The Kier molecular flexibility index (Phi) is 5.94. The van der Waals surface area contributed by atoms with Gasteiger partial charge in [-0.05, 0) is 11.6 Å². The summed E-state index contributed by atoms with van der Waals surface area (Å²) in [6.45, 7) is 1.07. The monoisotopic (exact) mass is 338 g/mol. The zero-order valence-corrected chi connectivity index (χ0v) is 13.7. The standard InChI is InChI=1S/C16H18N2O2S.ClH/c17-9-14-8-13(10-20-14)16(19)18-6-7-21-11-15(18)12-4-2-1-3-5-12;/h1-5,8,10,15H,6-7,9,11,17H2;1H. The lowest BCUT2D eigenvalue weighted by molar-refractivity contribution is 0.0700. The third kappa shape index (κ3) is 3.48. The summed E-state index contributed by atoms with van der Waals surface area (Å²) in [6.07, 6.45) is 1.51. The Hall–Kier alpha value is -1.43. The average Bonchev–Trinajstić information content (AvgIpc) is 3.04. The summed E-state index contributed by atoms with van der Waals surface area (Å²) in [7, 11) is 0. The third-order valence-corrected chi connectivity index (χ3v) is 4.70. The van der Waals surface area contributed by atoms with Crippen molar-refractivity contribution in [2.75, 3.05) is 18.1 Å². The largest absolute Gasteiger partial charge is 0.467 e. The second kappa shape index (κ2) is 7.72. The van der Waals surface area contributed by atoms with E-state index in [-0.39, 0.29) is 24.4 Å². The number of hydrogen-bond donors (Lipinski definition) is 1. The summed E-state index contributed by atoms with van der Waals surface area (Å²) in [5, 5.41) is 0. The summed E-state index contributed by atoms with van der Waals surface area (Å²) in [4.78, 5) is 14.7. The van der Waals surface area contributed by atoms with Crippen LogP contribution in [0.3, 0.4) is 0 Å². The van der Waals surface area contributed by atoms with Crippen LogP contribution in [0.2, 0.25) is 0 Å². The molecule has 1 aromatic carbocycles. The van der Waals surface area contributed by atoms with Crippen LogP contribution >= 0.6 is 24.2 Å². The zero-order chi connectivity index (χ0) is 14.7. The molecule has 4 nitrogen and oxygen atoms in total. The topological polar surface area (TPSA) is 59.5 Å².